The lowest BCUT2D eigenvalue weighted by molar-refractivity contribution is 0.102. The fourth-order valence-electron chi connectivity index (χ4n) is 2.17. The number of hydrogen-bond acceptors (Lipinski definition) is 4. The molecule has 0 aliphatic rings. The lowest BCUT2D eigenvalue weighted by Crippen LogP contribution is -2.12. The van der Waals surface area contributed by atoms with E-state index in [0.717, 1.165) is 11.1 Å². The number of nitrogens with one attached hydrogen (secondary N) is 1. The molecule has 2 aromatic carbocycles. The second-order valence-electron chi connectivity index (χ2n) is 5.03. The van der Waals surface area contributed by atoms with Crippen LogP contribution in [0.15, 0.2) is 65.3 Å². The first kappa shape index (κ1) is 15.0. The molecule has 1 aromatic heterocycles. The SMILES string of the molecule is O=C(Nc1ccc(CCO)cc1)c1coc(-c2ccccc2)n1. The molecule has 0 saturated carbocycles. The molecular formula is C18H16N2O3. The summed E-state index contributed by atoms with van der Waals surface area (Å²) in [7, 11) is 0. The highest BCUT2D eigenvalue weighted by molar-refractivity contribution is 6.02. The molecule has 0 radical (unpaired) electrons. The normalized spacial score (nSPS) is 10.5. The number of nitrogens with zero attached hydrogens (tertiary/aromatic N) is 1. The van der Waals surface area contributed by atoms with Crippen molar-refractivity contribution in [2.24, 2.45) is 0 Å². The van der Waals surface area contributed by atoms with Crippen molar-refractivity contribution in [3.63, 3.8) is 0 Å². The zero-order valence-electron chi connectivity index (χ0n) is 12.4. The van der Waals surface area contributed by atoms with Gasteiger partial charge in [0.15, 0.2) is 5.69 Å². The van der Waals surface area contributed by atoms with Crippen LogP contribution in [0.1, 0.15) is 16.1 Å². The van der Waals surface area contributed by atoms with Crippen molar-refractivity contribution in [2.75, 3.05) is 11.9 Å². The van der Waals surface area contributed by atoms with Crippen molar-refractivity contribution in [2.45, 2.75) is 6.42 Å². The maximum absolute atomic E-state index is 12.2. The van der Waals surface area contributed by atoms with Gasteiger partial charge in [0.1, 0.15) is 6.26 Å². The summed E-state index contributed by atoms with van der Waals surface area (Å²) in [6, 6.07) is 16.7. The minimum absolute atomic E-state index is 0.104. The topological polar surface area (TPSA) is 75.4 Å². The third-order valence-corrected chi connectivity index (χ3v) is 3.37. The molecule has 0 unspecified atom stereocenters. The number of hydrogen-bond donors (Lipinski definition) is 2. The largest absolute Gasteiger partial charge is 0.444 e. The third kappa shape index (κ3) is 3.64. The molecule has 0 aliphatic carbocycles. The molecule has 0 fully saturated rings. The molecule has 3 rings (SSSR count). The molecule has 0 bridgehead atoms. The molecule has 0 atom stereocenters. The van der Waals surface area contributed by atoms with Crippen molar-refractivity contribution in [1.29, 1.82) is 0 Å². The first-order valence-electron chi connectivity index (χ1n) is 7.28. The third-order valence-electron chi connectivity index (χ3n) is 3.37. The molecule has 3 aromatic rings. The highest BCUT2D eigenvalue weighted by atomic mass is 16.3. The Morgan fingerprint density at radius 1 is 1.09 bits per heavy atom. The fraction of sp³-hybridized carbons (Fsp3) is 0.111. The lowest BCUT2D eigenvalue weighted by atomic mass is 10.1. The van der Waals surface area contributed by atoms with E-state index in [2.05, 4.69) is 10.3 Å². The quantitative estimate of drug-likeness (QED) is 0.759. The predicted octanol–water partition coefficient (Wildman–Crippen LogP) is 3.13. The van der Waals surface area contributed by atoms with Gasteiger partial charge >= 0.3 is 0 Å². The Labute approximate surface area is 133 Å². The number of anilines is 1. The molecule has 1 amide bonds. The molecule has 2 N–H and O–H groups in total. The second kappa shape index (κ2) is 6.89. The molecule has 0 aliphatic heterocycles. The van der Waals surface area contributed by atoms with Crippen LogP contribution in [-0.2, 0) is 6.42 Å². The number of amides is 1. The Morgan fingerprint density at radius 2 is 1.83 bits per heavy atom. The Morgan fingerprint density at radius 3 is 2.52 bits per heavy atom. The number of oxazole rings is 1. The highest BCUT2D eigenvalue weighted by Crippen LogP contribution is 2.19. The van der Waals surface area contributed by atoms with Crippen molar-refractivity contribution in [1.82, 2.24) is 4.98 Å². The highest BCUT2D eigenvalue weighted by Gasteiger charge is 2.13. The summed E-state index contributed by atoms with van der Waals surface area (Å²) in [4.78, 5) is 16.4. The van der Waals surface area contributed by atoms with Crippen LogP contribution >= 0.6 is 0 Å². The van der Waals surface area contributed by atoms with Crippen LogP contribution in [0.2, 0.25) is 0 Å². The summed E-state index contributed by atoms with van der Waals surface area (Å²) in [5.41, 5.74) is 2.72. The number of benzene rings is 2. The van der Waals surface area contributed by atoms with Crippen molar-refractivity contribution < 1.29 is 14.3 Å². The van der Waals surface area contributed by atoms with Crippen molar-refractivity contribution in [3.8, 4) is 11.5 Å². The van der Waals surface area contributed by atoms with Gasteiger partial charge in [-0.15, -0.1) is 0 Å². The van der Waals surface area contributed by atoms with E-state index in [1.54, 1.807) is 12.1 Å². The Balaban J connectivity index is 1.70. The van der Waals surface area contributed by atoms with E-state index in [1.165, 1.54) is 6.26 Å². The van der Waals surface area contributed by atoms with Gasteiger partial charge in [-0.05, 0) is 36.2 Å². The van der Waals surface area contributed by atoms with Gasteiger partial charge in [-0.25, -0.2) is 4.98 Å². The lowest BCUT2D eigenvalue weighted by Gasteiger charge is -2.04. The summed E-state index contributed by atoms with van der Waals surface area (Å²) in [6.07, 6.45) is 1.94. The number of carbonyl (C=O) groups is 1. The summed E-state index contributed by atoms with van der Waals surface area (Å²) >= 11 is 0. The summed E-state index contributed by atoms with van der Waals surface area (Å²) in [6.45, 7) is 0.104. The summed E-state index contributed by atoms with van der Waals surface area (Å²) < 4.78 is 5.36. The summed E-state index contributed by atoms with van der Waals surface area (Å²) in [5, 5.41) is 11.7. The molecule has 116 valence electrons. The number of aliphatic hydroxyl groups is 1. The minimum Gasteiger partial charge on any atom is -0.444 e. The first-order chi connectivity index (χ1) is 11.3. The van der Waals surface area contributed by atoms with Gasteiger partial charge < -0.3 is 14.8 Å². The average molecular weight is 308 g/mol. The average Bonchev–Trinajstić information content (AvgIpc) is 3.08. The monoisotopic (exact) mass is 308 g/mol. The van der Waals surface area contributed by atoms with Gasteiger partial charge in [0.2, 0.25) is 5.89 Å². The van der Waals surface area contributed by atoms with E-state index in [1.807, 2.05) is 42.5 Å². The van der Waals surface area contributed by atoms with E-state index in [-0.39, 0.29) is 18.2 Å². The molecular weight excluding hydrogens is 292 g/mol. The Kier molecular flexibility index (Phi) is 4.49. The zero-order chi connectivity index (χ0) is 16.1. The van der Waals surface area contributed by atoms with Crippen LogP contribution in [0.25, 0.3) is 11.5 Å². The number of carbonyl (C=O) groups excluding carboxylic acids is 1. The smallest absolute Gasteiger partial charge is 0.277 e. The van der Waals surface area contributed by atoms with Gasteiger partial charge in [-0.3, -0.25) is 4.79 Å². The van der Waals surface area contributed by atoms with E-state index in [9.17, 15) is 4.79 Å². The fourth-order valence-corrected chi connectivity index (χ4v) is 2.17. The van der Waals surface area contributed by atoms with Crippen LogP contribution in [0.4, 0.5) is 5.69 Å². The van der Waals surface area contributed by atoms with Gasteiger partial charge in [0.05, 0.1) is 0 Å². The van der Waals surface area contributed by atoms with Crippen molar-refractivity contribution >= 4 is 11.6 Å². The van der Waals surface area contributed by atoms with E-state index in [0.29, 0.717) is 18.0 Å². The molecule has 5 nitrogen and oxygen atoms in total. The van der Waals surface area contributed by atoms with Crippen LogP contribution in [0.5, 0.6) is 0 Å². The van der Waals surface area contributed by atoms with Crippen LogP contribution in [0.3, 0.4) is 0 Å². The molecule has 23 heavy (non-hydrogen) atoms. The van der Waals surface area contributed by atoms with Crippen LogP contribution in [0, 0.1) is 0 Å². The van der Waals surface area contributed by atoms with Gasteiger partial charge in [-0.1, -0.05) is 30.3 Å². The van der Waals surface area contributed by atoms with E-state index in [4.69, 9.17) is 9.52 Å². The molecule has 1 heterocycles. The number of aliphatic hydroxyl groups excluding tert-OH is 1. The van der Waals surface area contributed by atoms with Crippen molar-refractivity contribution in [3.05, 3.63) is 72.1 Å². The van der Waals surface area contributed by atoms with Crippen LogP contribution < -0.4 is 5.32 Å². The maximum Gasteiger partial charge on any atom is 0.277 e. The van der Waals surface area contributed by atoms with E-state index >= 15 is 0 Å². The first-order valence-corrected chi connectivity index (χ1v) is 7.28. The predicted molar refractivity (Wildman–Crippen MR) is 87.1 cm³/mol. The number of aromatic nitrogens is 1. The van der Waals surface area contributed by atoms with Gasteiger partial charge in [0.25, 0.3) is 5.91 Å². The maximum atomic E-state index is 12.2. The van der Waals surface area contributed by atoms with Gasteiger partial charge in [0, 0.05) is 17.9 Å². The minimum atomic E-state index is -0.328. The molecule has 0 saturated heterocycles. The Hall–Kier alpha value is -2.92. The Bertz CT molecular complexity index is 780. The van der Waals surface area contributed by atoms with Crippen LogP contribution in [-0.4, -0.2) is 22.6 Å². The van der Waals surface area contributed by atoms with E-state index < -0.39 is 0 Å². The standard InChI is InChI=1S/C18H16N2O3/c21-11-10-13-6-8-15(9-7-13)19-17(22)16-12-23-18(20-16)14-4-2-1-3-5-14/h1-9,12,21H,10-11H2,(H,19,22). The van der Waals surface area contributed by atoms with Gasteiger partial charge in [-0.2, -0.15) is 0 Å². The molecule has 0 spiro atoms. The molecule has 5 heteroatoms. The second-order valence-corrected chi connectivity index (χ2v) is 5.03. The summed E-state index contributed by atoms with van der Waals surface area (Å²) in [5.74, 6) is 0.0832. The zero-order valence-corrected chi connectivity index (χ0v) is 12.4. The number of rotatable bonds is 5.